The number of aliphatic hydroxyl groups excluding tert-OH is 1. The zero-order chi connectivity index (χ0) is 12.9. The molecule has 0 radical (unpaired) electrons. The number of nitrogens with zero attached hydrogens (tertiary/aromatic N) is 2. The van der Waals surface area contributed by atoms with E-state index in [-0.39, 0.29) is 17.4 Å². The molecule has 0 saturated heterocycles. The summed E-state index contributed by atoms with van der Waals surface area (Å²) in [6, 6.07) is 0. The summed E-state index contributed by atoms with van der Waals surface area (Å²) in [6.07, 6.45) is 4.28. The second-order valence-electron chi connectivity index (χ2n) is 4.18. The van der Waals surface area contributed by atoms with E-state index in [4.69, 9.17) is 5.11 Å². The number of aromatic nitrogens is 2. The van der Waals surface area contributed by atoms with Crippen molar-refractivity contribution in [3.63, 3.8) is 0 Å². The van der Waals surface area contributed by atoms with Gasteiger partial charge in [0.25, 0.3) is 0 Å². The van der Waals surface area contributed by atoms with Crippen molar-refractivity contribution in [1.29, 1.82) is 0 Å². The SMILES string of the molecule is CC(CO)CCCNS(=O)(=O)c1cnn(C)c1. The maximum absolute atomic E-state index is 11.7. The minimum atomic E-state index is -3.44. The van der Waals surface area contributed by atoms with E-state index in [1.165, 1.54) is 17.1 Å². The van der Waals surface area contributed by atoms with Crippen LogP contribution in [0.4, 0.5) is 0 Å². The van der Waals surface area contributed by atoms with Crippen molar-refractivity contribution in [3.8, 4) is 0 Å². The second-order valence-corrected chi connectivity index (χ2v) is 5.94. The predicted octanol–water partition coefficient (Wildman–Crippen LogP) is 0.107. The molecule has 0 spiro atoms. The van der Waals surface area contributed by atoms with Crippen molar-refractivity contribution < 1.29 is 13.5 Å². The summed E-state index contributed by atoms with van der Waals surface area (Å²) in [5.41, 5.74) is 0. The maximum Gasteiger partial charge on any atom is 0.243 e. The highest BCUT2D eigenvalue weighted by Crippen LogP contribution is 2.07. The first-order valence-electron chi connectivity index (χ1n) is 5.55. The first kappa shape index (κ1) is 14.1. The van der Waals surface area contributed by atoms with Crippen LogP contribution in [0.2, 0.25) is 0 Å². The van der Waals surface area contributed by atoms with Crippen LogP contribution < -0.4 is 4.72 Å². The summed E-state index contributed by atoms with van der Waals surface area (Å²) in [5.74, 6) is 0.206. The Morgan fingerprint density at radius 1 is 1.59 bits per heavy atom. The van der Waals surface area contributed by atoms with Crippen LogP contribution in [-0.4, -0.2) is 36.5 Å². The highest BCUT2D eigenvalue weighted by atomic mass is 32.2. The van der Waals surface area contributed by atoms with Gasteiger partial charge in [0, 0.05) is 26.4 Å². The van der Waals surface area contributed by atoms with Gasteiger partial charge in [0.1, 0.15) is 4.90 Å². The number of aliphatic hydroxyl groups is 1. The van der Waals surface area contributed by atoms with Gasteiger partial charge < -0.3 is 5.11 Å². The number of rotatable bonds is 7. The molecule has 1 aromatic heterocycles. The van der Waals surface area contributed by atoms with Crippen LogP contribution in [0, 0.1) is 5.92 Å². The van der Waals surface area contributed by atoms with Gasteiger partial charge in [-0.1, -0.05) is 6.92 Å². The van der Waals surface area contributed by atoms with Crippen molar-refractivity contribution in [3.05, 3.63) is 12.4 Å². The molecule has 6 nitrogen and oxygen atoms in total. The Morgan fingerprint density at radius 2 is 2.29 bits per heavy atom. The van der Waals surface area contributed by atoms with E-state index in [1.54, 1.807) is 7.05 Å². The standard InChI is InChI=1S/C10H19N3O3S/c1-9(8-14)4-3-5-12-17(15,16)10-6-11-13(2)7-10/h6-7,9,12,14H,3-5,8H2,1-2H3. The van der Waals surface area contributed by atoms with Gasteiger partial charge >= 0.3 is 0 Å². The Bertz CT molecular complexity index is 441. The molecule has 17 heavy (non-hydrogen) atoms. The summed E-state index contributed by atoms with van der Waals surface area (Å²) in [7, 11) is -1.77. The Labute approximate surface area is 102 Å². The lowest BCUT2D eigenvalue weighted by molar-refractivity contribution is 0.228. The molecule has 0 aliphatic carbocycles. The fourth-order valence-electron chi connectivity index (χ4n) is 1.37. The Hall–Kier alpha value is -0.920. The molecular formula is C10H19N3O3S. The third-order valence-electron chi connectivity index (χ3n) is 2.47. The first-order chi connectivity index (χ1) is 7.95. The van der Waals surface area contributed by atoms with E-state index >= 15 is 0 Å². The molecule has 0 amide bonds. The van der Waals surface area contributed by atoms with Crippen molar-refractivity contribution in [2.75, 3.05) is 13.2 Å². The van der Waals surface area contributed by atoms with Crippen LogP contribution in [-0.2, 0) is 17.1 Å². The van der Waals surface area contributed by atoms with Gasteiger partial charge in [-0.3, -0.25) is 4.68 Å². The van der Waals surface area contributed by atoms with E-state index in [0.29, 0.717) is 13.0 Å². The first-order valence-corrected chi connectivity index (χ1v) is 7.03. The fraction of sp³-hybridized carbons (Fsp3) is 0.700. The molecule has 0 aliphatic rings. The topological polar surface area (TPSA) is 84.2 Å². The number of aryl methyl sites for hydroxylation is 1. The molecule has 1 heterocycles. The molecule has 1 rings (SSSR count). The van der Waals surface area contributed by atoms with Gasteiger partial charge in [0.15, 0.2) is 0 Å². The van der Waals surface area contributed by atoms with Gasteiger partial charge in [-0.05, 0) is 18.8 Å². The van der Waals surface area contributed by atoms with Gasteiger partial charge in [0.2, 0.25) is 10.0 Å². The van der Waals surface area contributed by atoms with E-state index in [1.807, 2.05) is 6.92 Å². The van der Waals surface area contributed by atoms with Gasteiger partial charge in [-0.15, -0.1) is 0 Å². The van der Waals surface area contributed by atoms with E-state index < -0.39 is 10.0 Å². The maximum atomic E-state index is 11.7. The lowest BCUT2D eigenvalue weighted by Crippen LogP contribution is -2.25. The Kier molecular flexibility index (Phi) is 5.10. The molecule has 1 atom stereocenters. The largest absolute Gasteiger partial charge is 0.396 e. The minimum absolute atomic E-state index is 0.134. The fourth-order valence-corrected chi connectivity index (χ4v) is 2.43. The van der Waals surface area contributed by atoms with Crippen molar-refractivity contribution in [1.82, 2.24) is 14.5 Å². The predicted molar refractivity (Wildman–Crippen MR) is 63.9 cm³/mol. The molecule has 2 N–H and O–H groups in total. The molecule has 0 aliphatic heterocycles. The van der Waals surface area contributed by atoms with Crippen LogP contribution in [0.25, 0.3) is 0 Å². The van der Waals surface area contributed by atoms with Gasteiger partial charge in [-0.25, -0.2) is 13.1 Å². The van der Waals surface area contributed by atoms with Crippen LogP contribution in [0.5, 0.6) is 0 Å². The van der Waals surface area contributed by atoms with Crippen LogP contribution in [0.15, 0.2) is 17.3 Å². The number of hydrogen-bond acceptors (Lipinski definition) is 4. The minimum Gasteiger partial charge on any atom is -0.396 e. The zero-order valence-electron chi connectivity index (χ0n) is 10.1. The third kappa shape index (κ3) is 4.45. The van der Waals surface area contributed by atoms with Crippen LogP contribution >= 0.6 is 0 Å². The Morgan fingerprint density at radius 3 is 2.82 bits per heavy atom. The summed E-state index contributed by atoms with van der Waals surface area (Å²) in [6.45, 7) is 2.44. The summed E-state index contributed by atoms with van der Waals surface area (Å²) in [5, 5.41) is 12.6. The molecule has 0 saturated carbocycles. The Balaban J connectivity index is 2.41. The van der Waals surface area contributed by atoms with Crippen molar-refractivity contribution in [2.45, 2.75) is 24.7 Å². The lowest BCUT2D eigenvalue weighted by Gasteiger charge is -2.08. The van der Waals surface area contributed by atoms with Gasteiger partial charge in [0.05, 0.1) is 6.20 Å². The average Bonchev–Trinajstić information content (AvgIpc) is 2.71. The average molecular weight is 261 g/mol. The molecule has 98 valence electrons. The molecule has 7 heteroatoms. The molecule has 1 aromatic rings. The monoisotopic (exact) mass is 261 g/mol. The van der Waals surface area contributed by atoms with E-state index in [9.17, 15) is 8.42 Å². The summed E-state index contributed by atoms with van der Waals surface area (Å²) < 4.78 is 27.4. The second kappa shape index (κ2) is 6.13. The molecule has 0 bridgehead atoms. The highest BCUT2D eigenvalue weighted by Gasteiger charge is 2.15. The number of nitrogens with one attached hydrogen (secondary N) is 1. The normalized spacial score (nSPS) is 13.8. The van der Waals surface area contributed by atoms with Crippen LogP contribution in [0.1, 0.15) is 19.8 Å². The van der Waals surface area contributed by atoms with Gasteiger partial charge in [-0.2, -0.15) is 5.10 Å². The molecule has 0 aromatic carbocycles. The lowest BCUT2D eigenvalue weighted by atomic mass is 10.1. The van der Waals surface area contributed by atoms with Crippen molar-refractivity contribution >= 4 is 10.0 Å². The molecule has 0 fully saturated rings. The summed E-state index contributed by atoms with van der Waals surface area (Å²) in [4.78, 5) is 0.176. The summed E-state index contributed by atoms with van der Waals surface area (Å²) >= 11 is 0. The number of hydrogen-bond donors (Lipinski definition) is 2. The molecule has 1 unspecified atom stereocenters. The molecular weight excluding hydrogens is 242 g/mol. The van der Waals surface area contributed by atoms with Crippen LogP contribution in [0.3, 0.4) is 0 Å². The third-order valence-corrected chi connectivity index (χ3v) is 3.88. The quantitative estimate of drug-likeness (QED) is 0.682. The van der Waals surface area contributed by atoms with E-state index in [0.717, 1.165) is 6.42 Å². The number of sulfonamides is 1. The zero-order valence-corrected chi connectivity index (χ0v) is 10.9. The van der Waals surface area contributed by atoms with E-state index in [2.05, 4.69) is 9.82 Å². The highest BCUT2D eigenvalue weighted by molar-refractivity contribution is 7.89. The smallest absolute Gasteiger partial charge is 0.243 e. The van der Waals surface area contributed by atoms with Crippen molar-refractivity contribution in [2.24, 2.45) is 13.0 Å².